The number of likely N-dealkylation sites (N-methyl/N-ethyl adjacent to an activating group) is 1. The Hall–Kier alpha value is -0.560. The summed E-state index contributed by atoms with van der Waals surface area (Å²) in [6, 6.07) is 0.323. The lowest BCUT2D eigenvalue weighted by Crippen LogP contribution is -2.30. The summed E-state index contributed by atoms with van der Waals surface area (Å²) in [5.41, 5.74) is 0. The van der Waals surface area contributed by atoms with Crippen LogP contribution in [0.4, 0.5) is 0 Å². The maximum absolute atomic E-state index is 5.37. The lowest BCUT2D eigenvalue weighted by atomic mass is 10.2. The number of ether oxygens (including phenoxy) is 2. The minimum absolute atomic E-state index is 0.323. The van der Waals surface area contributed by atoms with Crippen molar-refractivity contribution in [2.45, 2.75) is 19.4 Å². The van der Waals surface area contributed by atoms with E-state index in [9.17, 15) is 0 Å². The van der Waals surface area contributed by atoms with E-state index in [4.69, 9.17) is 9.47 Å². The largest absolute Gasteiger partial charge is 0.382 e. The van der Waals surface area contributed by atoms with Crippen molar-refractivity contribution in [2.75, 3.05) is 34.0 Å². The summed E-state index contributed by atoms with van der Waals surface area (Å²) in [6.07, 6.45) is 0.833. The fourth-order valence-corrected chi connectivity index (χ4v) is 0.837. The zero-order valence-corrected chi connectivity index (χ0v) is 8.72. The van der Waals surface area contributed by atoms with E-state index in [1.165, 1.54) is 0 Å². The van der Waals surface area contributed by atoms with Gasteiger partial charge >= 0.3 is 0 Å². The van der Waals surface area contributed by atoms with Gasteiger partial charge in [-0.25, -0.2) is 0 Å². The van der Waals surface area contributed by atoms with Crippen LogP contribution in [0.25, 0.3) is 0 Å². The minimum atomic E-state index is 0.323. The Labute approximate surface area is 80.8 Å². The van der Waals surface area contributed by atoms with Crippen LogP contribution in [0.5, 0.6) is 0 Å². The fraction of sp³-hybridized carbons (Fsp3) is 0.800. The molecule has 0 bridgehead atoms. The van der Waals surface area contributed by atoms with Crippen molar-refractivity contribution < 1.29 is 9.47 Å². The summed E-state index contributed by atoms with van der Waals surface area (Å²) in [5, 5.41) is 3.15. The molecule has 0 amide bonds. The Kier molecular flexibility index (Phi) is 9.12. The zero-order chi connectivity index (χ0) is 9.94. The van der Waals surface area contributed by atoms with Gasteiger partial charge in [-0.3, -0.25) is 0 Å². The second kappa shape index (κ2) is 9.53. The standard InChI is InChI=1S/C10H19NO2/c1-4-5-6-10(11-2)9-13-8-7-12-3/h10-11H,6-9H2,1-3H3. The van der Waals surface area contributed by atoms with Gasteiger partial charge in [-0.1, -0.05) is 0 Å². The molecule has 13 heavy (non-hydrogen) atoms. The van der Waals surface area contributed by atoms with Crippen LogP contribution in [0, 0.1) is 11.8 Å². The normalized spacial score (nSPS) is 11.9. The molecule has 0 aromatic carbocycles. The average molecular weight is 185 g/mol. The Morgan fingerprint density at radius 1 is 1.38 bits per heavy atom. The first-order chi connectivity index (χ1) is 6.35. The highest BCUT2D eigenvalue weighted by Crippen LogP contribution is 1.91. The molecule has 0 aliphatic heterocycles. The van der Waals surface area contributed by atoms with Crippen molar-refractivity contribution in [3.63, 3.8) is 0 Å². The monoisotopic (exact) mass is 185 g/mol. The molecule has 1 unspecified atom stereocenters. The van der Waals surface area contributed by atoms with Crippen molar-refractivity contribution in [3.8, 4) is 11.8 Å². The maximum atomic E-state index is 5.37. The summed E-state index contributed by atoms with van der Waals surface area (Å²) in [7, 11) is 3.59. The molecule has 0 aliphatic carbocycles. The lowest BCUT2D eigenvalue weighted by Gasteiger charge is -2.12. The molecule has 0 saturated carbocycles. The summed E-state index contributed by atoms with van der Waals surface area (Å²) in [6.45, 7) is 3.83. The minimum Gasteiger partial charge on any atom is -0.382 e. The molecule has 3 nitrogen and oxygen atoms in total. The molecule has 0 radical (unpaired) electrons. The lowest BCUT2D eigenvalue weighted by molar-refractivity contribution is 0.0604. The summed E-state index contributed by atoms with van der Waals surface area (Å²) < 4.78 is 10.2. The zero-order valence-electron chi connectivity index (χ0n) is 8.72. The molecule has 1 atom stereocenters. The van der Waals surface area contributed by atoms with Crippen LogP contribution in [0.2, 0.25) is 0 Å². The molecule has 0 fully saturated rings. The molecule has 0 rings (SSSR count). The van der Waals surface area contributed by atoms with Crippen molar-refractivity contribution in [1.82, 2.24) is 5.32 Å². The van der Waals surface area contributed by atoms with Gasteiger partial charge < -0.3 is 14.8 Å². The van der Waals surface area contributed by atoms with E-state index in [0.29, 0.717) is 25.9 Å². The molecule has 0 aromatic rings. The van der Waals surface area contributed by atoms with Gasteiger partial charge in [-0.2, -0.15) is 0 Å². The number of hydrogen-bond acceptors (Lipinski definition) is 3. The van der Waals surface area contributed by atoms with E-state index in [1.807, 2.05) is 14.0 Å². The number of hydrogen-bond donors (Lipinski definition) is 1. The van der Waals surface area contributed by atoms with Crippen LogP contribution >= 0.6 is 0 Å². The van der Waals surface area contributed by atoms with Gasteiger partial charge in [0.05, 0.1) is 19.8 Å². The van der Waals surface area contributed by atoms with Gasteiger partial charge in [0.15, 0.2) is 0 Å². The SMILES string of the molecule is CC#CCC(COCCOC)NC. The van der Waals surface area contributed by atoms with Crippen LogP contribution in [0.3, 0.4) is 0 Å². The van der Waals surface area contributed by atoms with Crippen molar-refractivity contribution in [2.24, 2.45) is 0 Å². The average Bonchev–Trinajstić information content (AvgIpc) is 2.17. The van der Waals surface area contributed by atoms with Gasteiger partial charge in [-0.15, -0.1) is 11.8 Å². The Morgan fingerprint density at radius 3 is 2.69 bits per heavy atom. The van der Waals surface area contributed by atoms with Crippen LogP contribution in [-0.2, 0) is 9.47 Å². The third-order valence-electron chi connectivity index (χ3n) is 1.68. The molecule has 1 N–H and O–H groups in total. The van der Waals surface area contributed by atoms with Crippen LogP contribution in [0.15, 0.2) is 0 Å². The number of nitrogens with one attached hydrogen (secondary N) is 1. The predicted molar refractivity (Wildman–Crippen MR) is 53.6 cm³/mol. The fourth-order valence-electron chi connectivity index (χ4n) is 0.837. The second-order valence-corrected chi connectivity index (χ2v) is 2.68. The first-order valence-corrected chi connectivity index (χ1v) is 4.48. The van der Waals surface area contributed by atoms with Crippen LogP contribution < -0.4 is 5.32 Å². The molecule has 3 heteroatoms. The van der Waals surface area contributed by atoms with E-state index in [1.54, 1.807) is 7.11 Å². The van der Waals surface area contributed by atoms with Crippen molar-refractivity contribution in [1.29, 1.82) is 0 Å². The third kappa shape index (κ3) is 7.79. The van der Waals surface area contributed by atoms with Gasteiger partial charge in [0, 0.05) is 19.6 Å². The molecular formula is C10H19NO2. The van der Waals surface area contributed by atoms with Crippen LogP contribution in [0.1, 0.15) is 13.3 Å². The van der Waals surface area contributed by atoms with Crippen LogP contribution in [-0.4, -0.2) is 40.0 Å². The molecule has 0 heterocycles. The predicted octanol–water partition coefficient (Wildman–Crippen LogP) is 0.651. The molecule has 0 spiro atoms. The summed E-state index contributed by atoms with van der Waals surface area (Å²) in [4.78, 5) is 0. The summed E-state index contributed by atoms with van der Waals surface area (Å²) >= 11 is 0. The van der Waals surface area contributed by atoms with Gasteiger partial charge in [0.25, 0.3) is 0 Å². The maximum Gasteiger partial charge on any atom is 0.0701 e. The molecule has 0 aliphatic rings. The van der Waals surface area contributed by atoms with E-state index in [0.717, 1.165) is 6.42 Å². The van der Waals surface area contributed by atoms with Crippen molar-refractivity contribution >= 4 is 0 Å². The summed E-state index contributed by atoms with van der Waals surface area (Å²) in [5.74, 6) is 5.88. The Balaban J connectivity index is 3.40. The first-order valence-electron chi connectivity index (χ1n) is 4.48. The number of rotatable bonds is 7. The molecule has 0 aromatic heterocycles. The van der Waals surface area contributed by atoms with Gasteiger partial charge in [0.2, 0.25) is 0 Å². The third-order valence-corrected chi connectivity index (χ3v) is 1.68. The topological polar surface area (TPSA) is 30.5 Å². The molecule has 76 valence electrons. The Bertz CT molecular complexity index is 160. The quantitative estimate of drug-likeness (QED) is 0.466. The highest BCUT2D eigenvalue weighted by atomic mass is 16.5. The van der Waals surface area contributed by atoms with E-state index >= 15 is 0 Å². The van der Waals surface area contributed by atoms with Gasteiger partial charge in [0.1, 0.15) is 0 Å². The Morgan fingerprint density at radius 2 is 2.15 bits per heavy atom. The highest BCUT2D eigenvalue weighted by molar-refractivity contribution is 4.97. The smallest absolute Gasteiger partial charge is 0.0701 e. The second-order valence-electron chi connectivity index (χ2n) is 2.68. The van der Waals surface area contributed by atoms with E-state index < -0.39 is 0 Å². The van der Waals surface area contributed by atoms with Crippen molar-refractivity contribution in [3.05, 3.63) is 0 Å². The molecular weight excluding hydrogens is 166 g/mol. The first kappa shape index (κ1) is 12.4. The van der Waals surface area contributed by atoms with E-state index in [2.05, 4.69) is 17.2 Å². The molecule has 0 saturated heterocycles. The van der Waals surface area contributed by atoms with E-state index in [-0.39, 0.29) is 0 Å². The number of methoxy groups -OCH3 is 1. The van der Waals surface area contributed by atoms with Gasteiger partial charge in [-0.05, 0) is 14.0 Å². The highest BCUT2D eigenvalue weighted by Gasteiger charge is 2.02.